The lowest BCUT2D eigenvalue weighted by Crippen LogP contribution is -2.35. The molecule has 1 fully saturated rings. The summed E-state index contributed by atoms with van der Waals surface area (Å²) in [4.78, 5) is 10.5. The summed E-state index contributed by atoms with van der Waals surface area (Å²) in [7, 11) is 0. The monoisotopic (exact) mass is 299 g/mol. The van der Waals surface area contributed by atoms with Crippen LogP contribution in [0, 0.1) is 10.1 Å². The third-order valence-corrected chi connectivity index (χ3v) is 3.28. The van der Waals surface area contributed by atoms with E-state index in [0.717, 1.165) is 30.4 Å². The first kappa shape index (κ1) is 12.3. The molecule has 2 rings (SSSR count). The fraction of sp³-hybridized carbons (Fsp3) is 0.455. The Hall–Kier alpha value is -1.14. The Morgan fingerprint density at radius 2 is 2.00 bits per heavy atom. The Morgan fingerprint density at radius 1 is 1.29 bits per heavy atom. The third-order valence-electron chi connectivity index (χ3n) is 2.79. The van der Waals surface area contributed by atoms with Gasteiger partial charge in [-0.1, -0.05) is 22.4 Å². The van der Waals surface area contributed by atoms with Gasteiger partial charge in [0.15, 0.2) is 0 Å². The molecule has 0 amide bonds. The summed E-state index contributed by atoms with van der Waals surface area (Å²) in [6.07, 6.45) is 3.50. The highest BCUT2D eigenvalue weighted by Gasteiger charge is 2.17. The number of nitro groups is 1. The minimum atomic E-state index is -0.362. The van der Waals surface area contributed by atoms with Gasteiger partial charge in [0.1, 0.15) is 5.69 Å². The van der Waals surface area contributed by atoms with Crippen LogP contribution in [0.1, 0.15) is 19.3 Å². The van der Waals surface area contributed by atoms with E-state index >= 15 is 0 Å². The van der Waals surface area contributed by atoms with Crippen molar-refractivity contribution in [1.82, 2.24) is 5.01 Å². The molecule has 0 radical (unpaired) electrons. The fourth-order valence-corrected chi connectivity index (χ4v) is 2.29. The Morgan fingerprint density at radius 3 is 2.65 bits per heavy atom. The Kier molecular flexibility index (Phi) is 3.96. The van der Waals surface area contributed by atoms with Crippen LogP contribution in [0.4, 0.5) is 11.4 Å². The minimum absolute atomic E-state index is 0.110. The van der Waals surface area contributed by atoms with Crippen molar-refractivity contribution >= 4 is 27.3 Å². The molecule has 0 bridgehead atoms. The molecule has 0 unspecified atom stereocenters. The Balaban J connectivity index is 2.17. The highest BCUT2D eigenvalue weighted by molar-refractivity contribution is 9.10. The molecule has 1 aliphatic heterocycles. The van der Waals surface area contributed by atoms with Gasteiger partial charge in [-0.2, -0.15) is 0 Å². The normalized spacial score (nSPS) is 16.8. The van der Waals surface area contributed by atoms with Crippen molar-refractivity contribution in [3.8, 4) is 0 Å². The molecule has 0 spiro atoms. The molecular formula is C11H14BrN3O2. The van der Waals surface area contributed by atoms with Gasteiger partial charge in [-0.25, -0.2) is 5.01 Å². The van der Waals surface area contributed by atoms with Crippen LogP contribution >= 0.6 is 15.9 Å². The van der Waals surface area contributed by atoms with Crippen LogP contribution < -0.4 is 5.43 Å². The van der Waals surface area contributed by atoms with Crippen LogP contribution in [-0.4, -0.2) is 23.0 Å². The Labute approximate surface area is 108 Å². The number of benzene rings is 1. The number of nitrogens with zero attached hydrogens (tertiary/aromatic N) is 2. The lowest BCUT2D eigenvalue weighted by molar-refractivity contribution is -0.384. The summed E-state index contributed by atoms with van der Waals surface area (Å²) in [5, 5.41) is 12.9. The maximum absolute atomic E-state index is 10.9. The van der Waals surface area contributed by atoms with Gasteiger partial charge in [0.05, 0.1) is 4.92 Å². The third kappa shape index (κ3) is 3.17. The zero-order valence-electron chi connectivity index (χ0n) is 9.36. The van der Waals surface area contributed by atoms with Crippen LogP contribution in [-0.2, 0) is 0 Å². The van der Waals surface area contributed by atoms with Gasteiger partial charge in [0, 0.05) is 23.6 Å². The van der Waals surface area contributed by atoms with Crippen molar-refractivity contribution in [2.45, 2.75) is 19.3 Å². The second-order valence-electron chi connectivity index (χ2n) is 4.08. The number of anilines is 1. The van der Waals surface area contributed by atoms with Crippen molar-refractivity contribution in [2.75, 3.05) is 18.5 Å². The number of nitrogens with one attached hydrogen (secondary N) is 1. The molecule has 6 heteroatoms. The Bertz CT molecular complexity index is 419. The molecule has 1 N–H and O–H groups in total. The first-order chi connectivity index (χ1) is 8.16. The number of hydrazine groups is 1. The highest BCUT2D eigenvalue weighted by atomic mass is 79.9. The summed E-state index contributed by atoms with van der Waals surface area (Å²) in [5.41, 5.74) is 3.79. The predicted octanol–water partition coefficient (Wildman–Crippen LogP) is 3.17. The lowest BCUT2D eigenvalue weighted by Gasteiger charge is -2.27. The van der Waals surface area contributed by atoms with Crippen molar-refractivity contribution in [1.29, 1.82) is 0 Å². The largest absolute Gasteiger partial charge is 0.313 e. The van der Waals surface area contributed by atoms with Gasteiger partial charge in [0.25, 0.3) is 5.69 Å². The topological polar surface area (TPSA) is 58.4 Å². The number of halogens is 1. The van der Waals surface area contributed by atoms with Crippen LogP contribution in [0.15, 0.2) is 22.7 Å². The maximum atomic E-state index is 10.9. The first-order valence-corrected chi connectivity index (χ1v) is 6.41. The first-order valence-electron chi connectivity index (χ1n) is 5.62. The molecule has 1 saturated heterocycles. The van der Waals surface area contributed by atoms with Gasteiger partial charge < -0.3 is 5.43 Å². The molecule has 0 saturated carbocycles. The van der Waals surface area contributed by atoms with Crippen molar-refractivity contribution in [2.24, 2.45) is 0 Å². The number of piperidine rings is 1. The standard InChI is InChI=1S/C11H14BrN3O2/c12-9-4-5-11(15(16)17)10(8-9)13-14-6-2-1-3-7-14/h4-5,8,13H,1-3,6-7H2. The van der Waals surface area contributed by atoms with Crippen molar-refractivity contribution in [3.63, 3.8) is 0 Å². The number of nitro benzene ring substituents is 1. The van der Waals surface area contributed by atoms with E-state index in [2.05, 4.69) is 21.4 Å². The van der Waals surface area contributed by atoms with Crippen molar-refractivity contribution < 1.29 is 4.92 Å². The van der Waals surface area contributed by atoms with E-state index in [9.17, 15) is 10.1 Å². The molecule has 1 aromatic carbocycles. The highest BCUT2D eigenvalue weighted by Crippen LogP contribution is 2.28. The number of rotatable bonds is 3. The van der Waals surface area contributed by atoms with Gasteiger partial charge in [-0.15, -0.1) is 0 Å². The quantitative estimate of drug-likeness (QED) is 0.688. The number of hydrogen-bond acceptors (Lipinski definition) is 4. The van der Waals surface area contributed by atoms with Gasteiger partial charge in [0.2, 0.25) is 0 Å². The molecule has 92 valence electrons. The summed E-state index contributed by atoms with van der Waals surface area (Å²) in [6, 6.07) is 4.93. The van der Waals surface area contributed by atoms with Crippen LogP contribution in [0.2, 0.25) is 0 Å². The van der Waals surface area contributed by atoms with E-state index in [-0.39, 0.29) is 10.6 Å². The van der Waals surface area contributed by atoms with E-state index in [4.69, 9.17) is 0 Å². The average Bonchev–Trinajstić information content (AvgIpc) is 2.30. The summed E-state index contributed by atoms with van der Waals surface area (Å²) in [5.74, 6) is 0. The molecule has 0 atom stereocenters. The summed E-state index contributed by atoms with van der Waals surface area (Å²) >= 11 is 3.33. The van der Waals surface area contributed by atoms with Gasteiger partial charge in [-0.3, -0.25) is 10.1 Å². The van der Waals surface area contributed by atoms with E-state index in [0.29, 0.717) is 5.69 Å². The molecule has 17 heavy (non-hydrogen) atoms. The van der Waals surface area contributed by atoms with E-state index < -0.39 is 0 Å². The summed E-state index contributed by atoms with van der Waals surface area (Å²) < 4.78 is 0.836. The smallest absolute Gasteiger partial charge is 0.293 e. The fourth-order valence-electron chi connectivity index (χ4n) is 1.93. The number of hydrogen-bond donors (Lipinski definition) is 1. The zero-order chi connectivity index (χ0) is 12.3. The second kappa shape index (κ2) is 5.46. The summed E-state index contributed by atoms with van der Waals surface area (Å²) in [6.45, 7) is 1.87. The van der Waals surface area contributed by atoms with Crippen molar-refractivity contribution in [3.05, 3.63) is 32.8 Å². The molecule has 1 aromatic rings. The molecule has 1 heterocycles. The predicted molar refractivity (Wildman–Crippen MR) is 69.8 cm³/mol. The molecule has 1 aliphatic rings. The van der Waals surface area contributed by atoms with Crippen LogP contribution in [0.5, 0.6) is 0 Å². The van der Waals surface area contributed by atoms with Gasteiger partial charge >= 0.3 is 0 Å². The molecule has 0 aliphatic carbocycles. The van der Waals surface area contributed by atoms with E-state index in [1.165, 1.54) is 12.5 Å². The van der Waals surface area contributed by atoms with Gasteiger partial charge in [-0.05, 0) is 25.0 Å². The van der Waals surface area contributed by atoms with E-state index in [1.54, 1.807) is 12.1 Å². The molecule has 5 nitrogen and oxygen atoms in total. The lowest BCUT2D eigenvalue weighted by atomic mass is 10.2. The maximum Gasteiger partial charge on any atom is 0.293 e. The molecular weight excluding hydrogens is 286 g/mol. The minimum Gasteiger partial charge on any atom is -0.313 e. The molecule has 0 aromatic heterocycles. The average molecular weight is 300 g/mol. The van der Waals surface area contributed by atoms with E-state index in [1.807, 2.05) is 5.01 Å². The SMILES string of the molecule is O=[N+]([O-])c1ccc(Br)cc1NN1CCCCC1. The van der Waals surface area contributed by atoms with Crippen LogP contribution in [0.25, 0.3) is 0 Å². The van der Waals surface area contributed by atoms with Crippen LogP contribution in [0.3, 0.4) is 0 Å². The second-order valence-corrected chi connectivity index (χ2v) is 4.99. The zero-order valence-corrected chi connectivity index (χ0v) is 10.9.